The third-order valence-corrected chi connectivity index (χ3v) is 3.59. The molecule has 0 unspecified atom stereocenters. The van der Waals surface area contributed by atoms with Crippen LogP contribution < -0.4 is 10.5 Å². The molecule has 0 spiro atoms. The molecule has 96 valence electrons. The maximum atomic E-state index is 10.1. The summed E-state index contributed by atoms with van der Waals surface area (Å²) in [4.78, 5) is 0. The van der Waals surface area contributed by atoms with E-state index in [2.05, 4.69) is 22.9 Å². The van der Waals surface area contributed by atoms with Crippen molar-refractivity contribution in [3.63, 3.8) is 0 Å². The number of hydrogen-bond donors (Lipinski definition) is 2. The van der Waals surface area contributed by atoms with Gasteiger partial charge in [0.05, 0.1) is 7.11 Å². The predicted molar refractivity (Wildman–Crippen MR) is 73.7 cm³/mol. The van der Waals surface area contributed by atoms with E-state index in [1.54, 1.807) is 7.11 Å². The maximum absolute atomic E-state index is 10.1. The third-order valence-electron chi connectivity index (χ3n) is 2.60. The SMILES string of the molecule is CCc1cc(OC)c(O)c(CC(C)(C)N)c1Br. The van der Waals surface area contributed by atoms with Crippen LogP contribution in [0.25, 0.3) is 0 Å². The smallest absolute Gasteiger partial charge is 0.162 e. The summed E-state index contributed by atoms with van der Waals surface area (Å²) in [5.74, 6) is 0.680. The van der Waals surface area contributed by atoms with Crippen LogP contribution in [-0.4, -0.2) is 17.8 Å². The van der Waals surface area contributed by atoms with E-state index in [-0.39, 0.29) is 11.3 Å². The lowest BCUT2D eigenvalue weighted by molar-refractivity contribution is 0.366. The molecule has 0 bridgehead atoms. The zero-order valence-corrected chi connectivity index (χ0v) is 12.4. The van der Waals surface area contributed by atoms with E-state index in [0.717, 1.165) is 22.0 Å². The molecule has 0 fully saturated rings. The Morgan fingerprint density at radius 2 is 2.06 bits per heavy atom. The summed E-state index contributed by atoms with van der Waals surface area (Å²) in [6.07, 6.45) is 1.46. The lowest BCUT2D eigenvalue weighted by atomic mass is 9.93. The molecule has 1 aromatic carbocycles. The lowest BCUT2D eigenvalue weighted by Gasteiger charge is -2.22. The van der Waals surface area contributed by atoms with E-state index in [9.17, 15) is 5.11 Å². The Hall–Kier alpha value is -0.740. The average molecular weight is 302 g/mol. The normalized spacial score (nSPS) is 11.6. The third kappa shape index (κ3) is 3.36. The molecule has 0 aromatic heterocycles. The number of aryl methyl sites for hydroxylation is 1. The molecule has 0 aliphatic carbocycles. The van der Waals surface area contributed by atoms with E-state index < -0.39 is 0 Å². The standard InChI is InChI=1S/C13H20BrNO2/c1-5-8-6-10(17-4)12(16)9(11(8)14)7-13(2,3)15/h6,16H,5,7,15H2,1-4H3. The van der Waals surface area contributed by atoms with Crippen molar-refractivity contribution >= 4 is 15.9 Å². The van der Waals surface area contributed by atoms with Crippen molar-refractivity contribution < 1.29 is 9.84 Å². The zero-order valence-electron chi connectivity index (χ0n) is 10.8. The summed E-state index contributed by atoms with van der Waals surface area (Å²) in [5.41, 5.74) is 7.56. The topological polar surface area (TPSA) is 55.5 Å². The van der Waals surface area contributed by atoms with Crippen molar-refractivity contribution in [1.82, 2.24) is 0 Å². The quantitative estimate of drug-likeness (QED) is 0.899. The second-order valence-electron chi connectivity index (χ2n) is 4.90. The van der Waals surface area contributed by atoms with Crippen molar-refractivity contribution in [2.24, 2.45) is 5.73 Å². The van der Waals surface area contributed by atoms with Gasteiger partial charge in [-0.05, 0) is 38.3 Å². The molecular weight excluding hydrogens is 282 g/mol. The van der Waals surface area contributed by atoms with Gasteiger partial charge in [-0.25, -0.2) is 0 Å². The van der Waals surface area contributed by atoms with Crippen LogP contribution in [0.15, 0.2) is 10.5 Å². The number of hydrogen-bond acceptors (Lipinski definition) is 3. The number of aromatic hydroxyl groups is 1. The summed E-state index contributed by atoms with van der Waals surface area (Å²) in [6, 6.07) is 1.85. The first kappa shape index (κ1) is 14.3. The number of rotatable bonds is 4. The molecule has 0 aliphatic rings. The fourth-order valence-electron chi connectivity index (χ4n) is 1.77. The van der Waals surface area contributed by atoms with Gasteiger partial charge in [-0.15, -0.1) is 0 Å². The second-order valence-corrected chi connectivity index (χ2v) is 5.69. The Labute approximate surface area is 111 Å². The van der Waals surface area contributed by atoms with Gasteiger partial charge in [0.25, 0.3) is 0 Å². The molecule has 17 heavy (non-hydrogen) atoms. The van der Waals surface area contributed by atoms with Crippen LogP contribution in [0.2, 0.25) is 0 Å². The van der Waals surface area contributed by atoms with Crippen LogP contribution in [0, 0.1) is 0 Å². The summed E-state index contributed by atoms with van der Waals surface area (Å²) >= 11 is 3.54. The molecule has 1 rings (SSSR count). The highest BCUT2D eigenvalue weighted by Gasteiger charge is 2.21. The summed E-state index contributed by atoms with van der Waals surface area (Å²) in [7, 11) is 1.56. The first-order valence-electron chi connectivity index (χ1n) is 5.66. The minimum atomic E-state index is -0.378. The minimum absolute atomic E-state index is 0.176. The minimum Gasteiger partial charge on any atom is -0.504 e. The van der Waals surface area contributed by atoms with E-state index in [4.69, 9.17) is 10.5 Å². The Morgan fingerprint density at radius 3 is 2.47 bits per heavy atom. The molecule has 0 saturated heterocycles. The Bertz CT molecular complexity index is 383. The summed E-state index contributed by atoms with van der Waals surface area (Å²) < 4.78 is 6.11. The first-order valence-corrected chi connectivity index (χ1v) is 6.45. The van der Waals surface area contributed by atoms with Crippen LogP contribution in [-0.2, 0) is 12.8 Å². The molecule has 0 heterocycles. The summed E-state index contributed by atoms with van der Waals surface area (Å²) in [5, 5.41) is 10.1. The van der Waals surface area contributed by atoms with Gasteiger partial charge in [0, 0.05) is 15.6 Å². The Balaban J connectivity index is 3.35. The molecule has 0 saturated carbocycles. The van der Waals surface area contributed by atoms with Gasteiger partial charge in [0.1, 0.15) is 0 Å². The number of benzene rings is 1. The lowest BCUT2D eigenvalue weighted by Crippen LogP contribution is -2.34. The van der Waals surface area contributed by atoms with Gasteiger partial charge in [-0.1, -0.05) is 22.9 Å². The van der Waals surface area contributed by atoms with Gasteiger partial charge in [0.2, 0.25) is 0 Å². The number of halogens is 1. The van der Waals surface area contributed by atoms with Crippen LogP contribution in [0.3, 0.4) is 0 Å². The predicted octanol–water partition coefficient (Wildman–Crippen LogP) is 3.01. The highest BCUT2D eigenvalue weighted by molar-refractivity contribution is 9.10. The molecule has 0 amide bonds. The number of nitrogens with two attached hydrogens (primary N) is 1. The van der Waals surface area contributed by atoms with Crippen LogP contribution in [0.5, 0.6) is 11.5 Å². The average Bonchev–Trinajstić information content (AvgIpc) is 2.23. The molecule has 0 aliphatic heterocycles. The highest BCUT2D eigenvalue weighted by Crippen LogP contribution is 2.39. The van der Waals surface area contributed by atoms with E-state index in [1.165, 1.54) is 0 Å². The van der Waals surface area contributed by atoms with Crippen LogP contribution in [0.1, 0.15) is 31.9 Å². The first-order chi connectivity index (χ1) is 7.80. The molecular formula is C13H20BrNO2. The molecule has 0 radical (unpaired) electrons. The Kier molecular flexibility index (Phi) is 4.44. The largest absolute Gasteiger partial charge is 0.504 e. The second kappa shape index (κ2) is 5.27. The van der Waals surface area contributed by atoms with Crippen LogP contribution in [0.4, 0.5) is 0 Å². The van der Waals surface area contributed by atoms with Crippen molar-refractivity contribution in [3.05, 3.63) is 21.7 Å². The van der Waals surface area contributed by atoms with Crippen LogP contribution >= 0.6 is 15.9 Å². The number of phenolic OH excluding ortho intramolecular Hbond substituents is 1. The van der Waals surface area contributed by atoms with Gasteiger partial charge >= 0.3 is 0 Å². The fourth-order valence-corrected chi connectivity index (χ4v) is 2.49. The van der Waals surface area contributed by atoms with E-state index in [0.29, 0.717) is 12.2 Å². The molecule has 0 atom stereocenters. The summed E-state index contributed by atoms with van der Waals surface area (Å²) in [6.45, 7) is 5.93. The van der Waals surface area contributed by atoms with Gasteiger partial charge in [-0.3, -0.25) is 0 Å². The van der Waals surface area contributed by atoms with Crippen molar-refractivity contribution in [1.29, 1.82) is 0 Å². The van der Waals surface area contributed by atoms with Gasteiger partial charge in [0.15, 0.2) is 11.5 Å². The number of phenols is 1. The van der Waals surface area contributed by atoms with Crippen molar-refractivity contribution in [2.75, 3.05) is 7.11 Å². The number of ether oxygens (including phenoxy) is 1. The highest BCUT2D eigenvalue weighted by atomic mass is 79.9. The maximum Gasteiger partial charge on any atom is 0.162 e. The van der Waals surface area contributed by atoms with Gasteiger partial charge in [-0.2, -0.15) is 0 Å². The van der Waals surface area contributed by atoms with E-state index in [1.807, 2.05) is 19.9 Å². The van der Waals surface area contributed by atoms with E-state index >= 15 is 0 Å². The Morgan fingerprint density at radius 1 is 1.47 bits per heavy atom. The zero-order chi connectivity index (χ0) is 13.2. The monoisotopic (exact) mass is 301 g/mol. The fraction of sp³-hybridized carbons (Fsp3) is 0.538. The molecule has 3 nitrogen and oxygen atoms in total. The molecule has 3 N–H and O–H groups in total. The van der Waals surface area contributed by atoms with Crippen molar-refractivity contribution in [3.8, 4) is 11.5 Å². The van der Waals surface area contributed by atoms with Gasteiger partial charge < -0.3 is 15.6 Å². The number of methoxy groups -OCH3 is 1. The molecule has 4 heteroatoms. The van der Waals surface area contributed by atoms with Crippen molar-refractivity contribution in [2.45, 2.75) is 39.2 Å². The molecule has 1 aromatic rings.